The summed E-state index contributed by atoms with van der Waals surface area (Å²) < 4.78 is 11.2. The summed E-state index contributed by atoms with van der Waals surface area (Å²) in [7, 11) is 0. The Morgan fingerprint density at radius 1 is 1.24 bits per heavy atom. The van der Waals surface area contributed by atoms with Gasteiger partial charge in [0, 0.05) is 10.4 Å². The molecule has 21 heavy (non-hydrogen) atoms. The first-order valence-electron chi connectivity index (χ1n) is 6.93. The number of ether oxygens (including phenoxy) is 1. The van der Waals surface area contributed by atoms with Crippen molar-refractivity contribution in [2.45, 2.75) is 12.8 Å². The number of aromatic nitrogens is 2. The highest BCUT2D eigenvalue weighted by atomic mass is 35.5. The van der Waals surface area contributed by atoms with E-state index in [1.54, 1.807) is 6.26 Å². The molecule has 0 unspecified atom stereocenters. The summed E-state index contributed by atoms with van der Waals surface area (Å²) in [4.78, 5) is 8.95. The standard InChI is InChI=1S/C16H13ClN2O2/c17-11-5-6-13-12(8-11)15(14-2-1-7-20-14)19-16(18-13)21-9-10-3-4-10/h1-2,5-8,10H,3-4,9H2. The van der Waals surface area contributed by atoms with E-state index in [2.05, 4.69) is 9.97 Å². The molecule has 106 valence electrons. The van der Waals surface area contributed by atoms with Gasteiger partial charge in [0.2, 0.25) is 0 Å². The van der Waals surface area contributed by atoms with Gasteiger partial charge in [-0.25, -0.2) is 0 Å². The van der Waals surface area contributed by atoms with Gasteiger partial charge in [0.15, 0.2) is 5.76 Å². The largest absolute Gasteiger partial charge is 0.463 e. The molecule has 3 aromatic rings. The summed E-state index contributed by atoms with van der Waals surface area (Å²) >= 11 is 6.09. The number of nitrogens with zero attached hydrogens (tertiary/aromatic N) is 2. The van der Waals surface area contributed by atoms with E-state index >= 15 is 0 Å². The minimum atomic E-state index is 0.392. The van der Waals surface area contributed by atoms with Crippen molar-refractivity contribution in [2.24, 2.45) is 5.92 Å². The predicted molar refractivity (Wildman–Crippen MR) is 80.5 cm³/mol. The van der Waals surface area contributed by atoms with Gasteiger partial charge in [-0.3, -0.25) is 0 Å². The molecule has 0 amide bonds. The van der Waals surface area contributed by atoms with Crippen molar-refractivity contribution in [1.29, 1.82) is 0 Å². The first-order chi connectivity index (χ1) is 10.3. The van der Waals surface area contributed by atoms with Gasteiger partial charge in [-0.2, -0.15) is 9.97 Å². The number of fused-ring (bicyclic) bond motifs is 1. The van der Waals surface area contributed by atoms with Gasteiger partial charge in [0.1, 0.15) is 5.69 Å². The van der Waals surface area contributed by atoms with Crippen molar-refractivity contribution in [3.63, 3.8) is 0 Å². The van der Waals surface area contributed by atoms with Crippen molar-refractivity contribution in [3.8, 4) is 17.5 Å². The highest BCUT2D eigenvalue weighted by Gasteiger charge is 2.23. The lowest BCUT2D eigenvalue weighted by Gasteiger charge is -2.08. The third-order valence-corrected chi connectivity index (χ3v) is 3.77. The summed E-state index contributed by atoms with van der Waals surface area (Å²) in [6.45, 7) is 0.677. The number of rotatable bonds is 4. The number of furan rings is 1. The molecule has 0 spiro atoms. The predicted octanol–water partition coefficient (Wildman–Crippen LogP) is 4.33. The molecule has 0 atom stereocenters. The minimum absolute atomic E-state index is 0.392. The highest BCUT2D eigenvalue weighted by Crippen LogP contribution is 2.32. The molecule has 1 aliphatic carbocycles. The molecule has 5 heteroatoms. The number of hydrogen-bond acceptors (Lipinski definition) is 4. The first-order valence-corrected chi connectivity index (χ1v) is 7.31. The first kappa shape index (κ1) is 12.7. The quantitative estimate of drug-likeness (QED) is 0.719. The Morgan fingerprint density at radius 3 is 2.90 bits per heavy atom. The molecule has 4 rings (SSSR count). The highest BCUT2D eigenvalue weighted by molar-refractivity contribution is 6.31. The lowest BCUT2D eigenvalue weighted by atomic mass is 10.1. The van der Waals surface area contributed by atoms with Gasteiger partial charge in [-0.1, -0.05) is 11.6 Å². The maximum absolute atomic E-state index is 6.09. The van der Waals surface area contributed by atoms with Crippen LogP contribution in [0, 0.1) is 5.92 Å². The van der Waals surface area contributed by atoms with Crippen LogP contribution in [-0.2, 0) is 0 Å². The number of hydrogen-bond donors (Lipinski definition) is 0. The van der Waals surface area contributed by atoms with Crippen LogP contribution in [0.15, 0.2) is 41.0 Å². The van der Waals surface area contributed by atoms with Gasteiger partial charge in [-0.05, 0) is 49.1 Å². The lowest BCUT2D eigenvalue weighted by molar-refractivity contribution is 0.277. The summed E-state index contributed by atoms with van der Waals surface area (Å²) in [5.41, 5.74) is 1.50. The van der Waals surface area contributed by atoms with Crippen molar-refractivity contribution >= 4 is 22.5 Å². The van der Waals surface area contributed by atoms with Crippen LogP contribution in [-0.4, -0.2) is 16.6 Å². The van der Waals surface area contributed by atoms with Crippen molar-refractivity contribution in [3.05, 3.63) is 41.6 Å². The minimum Gasteiger partial charge on any atom is -0.463 e. The van der Waals surface area contributed by atoms with E-state index in [0.717, 1.165) is 10.9 Å². The maximum Gasteiger partial charge on any atom is 0.317 e. The summed E-state index contributed by atoms with van der Waals surface area (Å²) in [5, 5.41) is 1.50. The SMILES string of the molecule is Clc1ccc2nc(OCC3CC3)nc(-c3ccco3)c2c1. The van der Waals surface area contributed by atoms with Crippen molar-refractivity contribution in [2.75, 3.05) is 6.61 Å². The van der Waals surface area contributed by atoms with E-state index in [9.17, 15) is 0 Å². The molecule has 0 saturated heterocycles. The molecule has 1 fully saturated rings. The van der Waals surface area contributed by atoms with Crippen LogP contribution >= 0.6 is 11.6 Å². The molecule has 1 aromatic carbocycles. The van der Waals surface area contributed by atoms with E-state index in [-0.39, 0.29) is 0 Å². The Balaban J connectivity index is 1.83. The second-order valence-corrected chi connectivity index (χ2v) is 5.68. The molecule has 0 radical (unpaired) electrons. The van der Waals surface area contributed by atoms with Gasteiger partial charge < -0.3 is 9.15 Å². The molecule has 2 aromatic heterocycles. The van der Waals surface area contributed by atoms with Gasteiger partial charge in [0.05, 0.1) is 18.4 Å². The second-order valence-electron chi connectivity index (χ2n) is 5.25. The fourth-order valence-corrected chi connectivity index (χ4v) is 2.39. The molecule has 2 heterocycles. The Bertz CT molecular complexity index is 782. The monoisotopic (exact) mass is 300 g/mol. The van der Waals surface area contributed by atoms with Crippen LogP contribution in [0.25, 0.3) is 22.4 Å². The zero-order valence-electron chi connectivity index (χ0n) is 11.3. The Morgan fingerprint density at radius 2 is 2.14 bits per heavy atom. The fourth-order valence-electron chi connectivity index (χ4n) is 2.22. The molecule has 1 aliphatic rings. The average molecular weight is 301 g/mol. The summed E-state index contributed by atoms with van der Waals surface area (Å²) in [5.74, 6) is 1.34. The summed E-state index contributed by atoms with van der Waals surface area (Å²) in [6, 6.07) is 9.62. The lowest BCUT2D eigenvalue weighted by Crippen LogP contribution is -2.03. The van der Waals surface area contributed by atoms with Crippen LogP contribution in [0.5, 0.6) is 6.01 Å². The van der Waals surface area contributed by atoms with E-state index in [1.165, 1.54) is 12.8 Å². The Kier molecular flexibility index (Phi) is 3.04. The van der Waals surface area contributed by atoms with Crippen LogP contribution in [0.4, 0.5) is 0 Å². The third kappa shape index (κ3) is 2.59. The number of halogens is 1. The van der Waals surface area contributed by atoms with Crippen molar-refractivity contribution in [1.82, 2.24) is 9.97 Å². The van der Waals surface area contributed by atoms with Crippen molar-refractivity contribution < 1.29 is 9.15 Å². The molecule has 0 bridgehead atoms. The second kappa shape index (κ2) is 5.04. The zero-order chi connectivity index (χ0) is 14.2. The smallest absolute Gasteiger partial charge is 0.317 e. The zero-order valence-corrected chi connectivity index (χ0v) is 12.0. The van der Waals surface area contributed by atoms with Gasteiger partial charge >= 0.3 is 6.01 Å². The summed E-state index contributed by atoms with van der Waals surface area (Å²) in [6.07, 6.45) is 4.08. The van der Waals surface area contributed by atoms with E-state index in [4.69, 9.17) is 20.8 Å². The van der Waals surface area contributed by atoms with Gasteiger partial charge in [-0.15, -0.1) is 0 Å². The Labute approximate surface area is 126 Å². The Hall–Kier alpha value is -2.07. The molecule has 4 nitrogen and oxygen atoms in total. The topological polar surface area (TPSA) is 48.2 Å². The molecule has 0 N–H and O–H groups in total. The fraction of sp³-hybridized carbons (Fsp3) is 0.250. The average Bonchev–Trinajstić information content (AvgIpc) is 3.16. The number of benzene rings is 1. The molecule has 1 saturated carbocycles. The van der Waals surface area contributed by atoms with Gasteiger partial charge in [0.25, 0.3) is 0 Å². The van der Waals surface area contributed by atoms with Crippen LogP contribution in [0.2, 0.25) is 5.02 Å². The molecular formula is C16H13ClN2O2. The molecular weight excluding hydrogens is 288 g/mol. The molecule has 0 aliphatic heterocycles. The maximum atomic E-state index is 6.09. The van der Waals surface area contributed by atoms with Crippen LogP contribution in [0.3, 0.4) is 0 Å². The normalized spacial score (nSPS) is 14.5. The van der Waals surface area contributed by atoms with E-state index < -0.39 is 0 Å². The third-order valence-electron chi connectivity index (χ3n) is 3.54. The van der Waals surface area contributed by atoms with Crippen LogP contribution < -0.4 is 4.74 Å². The van der Waals surface area contributed by atoms with Crippen LogP contribution in [0.1, 0.15) is 12.8 Å². The van der Waals surface area contributed by atoms with E-state index in [0.29, 0.717) is 35.0 Å². The van der Waals surface area contributed by atoms with E-state index in [1.807, 2.05) is 30.3 Å².